The first-order valence-corrected chi connectivity index (χ1v) is 14.1. The van der Waals surface area contributed by atoms with Gasteiger partial charge in [0.05, 0.1) is 22.5 Å². The van der Waals surface area contributed by atoms with Crippen molar-refractivity contribution < 1.29 is 9.59 Å². The lowest BCUT2D eigenvalue weighted by Crippen LogP contribution is -2.42. The van der Waals surface area contributed by atoms with Crippen molar-refractivity contribution in [2.24, 2.45) is 29.6 Å². The fourth-order valence-electron chi connectivity index (χ4n) is 7.32. The van der Waals surface area contributed by atoms with E-state index in [1.54, 1.807) is 11.8 Å². The number of thiazole rings is 1. The standard InChI is InChI=1S/C28H27N3O3S2/c1-13-4-8-16(9-5-13)31-26(32)21-17-12-18(22(21)27(31)33)23-20(17)19(24-25(35-23)29-28(34)36-24)14-6-10-15(11-7-14)30(2)3/h4-11,17-23H,12H2,1-3H3,(H,29,34)/t17-,18-,19-,20+,21+,22-,23+/m1/s1. The molecule has 6 nitrogen and oxygen atoms in total. The number of amides is 2. The number of fused-ring (bicyclic) bond motifs is 9. The molecule has 2 saturated carbocycles. The number of nitrogens with zero attached hydrogens (tertiary/aromatic N) is 2. The highest BCUT2D eigenvalue weighted by molar-refractivity contribution is 8.00. The molecule has 2 aliphatic heterocycles. The van der Waals surface area contributed by atoms with Crippen molar-refractivity contribution in [2.45, 2.75) is 29.5 Å². The number of benzene rings is 2. The van der Waals surface area contributed by atoms with E-state index in [0.29, 0.717) is 5.69 Å². The summed E-state index contributed by atoms with van der Waals surface area (Å²) in [4.78, 5) is 47.6. The van der Waals surface area contributed by atoms with E-state index in [-0.39, 0.29) is 57.4 Å². The molecule has 2 bridgehead atoms. The first kappa shape index (κ1) is 22.4. The van der Waals surface area contributed by atoms with Crippen LogP contribution >= 0.6 is 23.1 Å². The summed E-state index contributed by atoms with van der Waals surface area (Å²) in [5.41, 5.74) is 4.09. The Labute approximate surface area is 217 Å². The third-order valence-electron chi connectivity index (χ3n) is 8.78. The Balaban J connectivity index is 1.31. The second kappa shape index (κ2) is 7.83. The van der Waals surface area contributed by atoms with Crippen LogP contribution in [0.1, 0.15) is 28.3 Å². The summed E-state index contributed by atoms with van der Waals surface area (Å²) in [6.45, 7) is 2.00. The number of carbonyl (C=O) groups excluding carboxylic acids is 2. The average Bonchev–Trinajstić information content (AvgIpc) is 3.59. The smallest absolute Gasteiger partial charge is 0.305 e. The largest absolute Gasteiger partial charge is 0.378 e. The molecule has 0 spiro atoms. The summed E-state index contributed by atoms with van der Waals surface area (Å²) in [5.74, 6) is -0.0711. The Kier molecular flexibility index (Phi) is 4.86. The lowest BCUT2D eigenvalue weighted by atomic mass is 9.68. The summed E-state index contributed by atoms with van der Waals surface area (Å²) in [5, 5.41) is 1.16. The van der Waals surface area contributed by atoms with Gasteiger partial charge in [-0.25, -0.2) is 0 Å². The van der Waals surface area contributed by atoms with E-state index in [0.717, 1.165) is 27.6 Å². The van der Waals surface area contributed by atoms with Gasteiger partial charge in [-0.15, -0.1) is 11.8 Å². The molecule has 0 radical (unpaired) electrons. The first-order chi connectivity index (χ1) is 17.3. The fraction of sp³-hybridized carbons (Fsp3) is 0.393. The van der Waals surface area contributed by atoms with Gasteiger partial charge in [0.25, 0.3) is 0 Å². The SMILES string of the molecule is Cc1ccc(N2C(=O)[C@@H]3[C@H]4C[C@@H]([C@@H]3C2=O)[C@H]2[C@@H](c3ccc(N(C)C)cc3)c3sc(=O)[nH]c3S[C@@H]42)cc1. The number of H-pyrrole nitrogens is 1. The maximum atomic E-state index is 13.8. The van der Waals surface area contributed by atoms with E-state index in [2.05, 4.69) is 34.1 Å². The van der Waals surface area contributed by atoms with Gasteiger partial charge in [0.2, 0.25) is 11.8 Å². The molecule has 3 heterocycles. The number of carbonyl (C=O) groups is 2. The number of hydrogen-bond donors (Lipinski definition) is 1. The molecule has 1 saturated heterocycles. The van der Waals surface area contributed by atoms with Crippen molar-refractivity contribution in [2.75, 3.05) is 23.9 Å². The van der Waals surface area contributed by atoms with E-state index in [9.17, 15) is 14.4 Å². The predicted molar refractivity (Wildman–Crippen MR) is 143 cm³/mol. The lowest BCUT2D eigenvalue weighted by Gasteiger charge is -2.43. The zero-order valence-corrected chi connectivity index (χ0v) is 21.9. The fourth-order valence-corrected chi connectivity index (χ4v) is 10.2. The van der Waals surface area contributed by atoms with E-state index in [4.69, 9.17) is 0 Å². The molecule has 4 aliphatic rings. The van der Waals surface area contributed by atoms with Crippen LogP contribution < -0.4 is 14.7 Å². The number of aromatic nitrogens is 1. The van der Waals surface area contributed by atoms with Crippen molar-refractivity contribution in [3.8, 4) is 0 Å². The van der Waals surface area contributed by atoms with Gasteiger partial charge >= 0.3 is 4.87 Å². The molecule has 7 rings (SSSR count). The van der Waals surface area contributed by atoms with Gasteiger partial charge in [-0.05, 0) is 60.9 Å². The van der Waals surface area contributed by atoms with E-state index in [1.165, 1.54) is 21.8 Å². The second-order valence-electron chi connectivity index (χ2n) is 10.8. The van der Waals surface area contributed by atoms with Gasteiger partial charge < -0.3 is 9.88 Å². The summed E-state index contributed by atoms with van der Waals surface area (Å²) >= 11 is 3.03. The summed E-state index contributed by atoms with van der Waals surface area (Å²) in [7, 11) is 4.05. The predicted octanol–water partition coefficient (Wildman–Crippen LogP) is 4.49. The molecule has 7 atom stereocenters. The van der Waals surface area contributed by atoms with Crippen LogP contribution in [0, 0.1) is 36.5 Å². The minimum Gasteiger partial charge on any atom is -0.378 e. The second-order valence-corrected chi connectivity index (χ2v) is 13.0. The molecule has 3 aromatic rings. The zero-order valence-electron chi connectivity index (χ0n) is 20.3. The van der Waals surface area contributed by atoms with E-state index in [1.807, 2.05) is 45.3 Å². The zero-order chi connectivity index (χ0) is 24.9. The van der Waals surface area contributed by atoms with Crippen molar-refractivity contribution in [1.29, 1.82) is 0 Å². The molecule has 2 aliphatic carbocycles. The Morgan fingerprint density at radius 1 is 0.917 bits per heavy atom. The highest BCUT2D eigenvalue weighted by Crippen LogP contribution is 2.68. The van der Waals surface area contributed by atoms with Crippen LogP contribution in [0.3, 0.4) is 0 Å². The quantitative estimate of drug-likeness (QED) is 0.519. The Morgan fingerprint density at radius 2 is 1.58 bits per heavy atom. The van der Waals surface area contributed by atoms with Gasteiger partial charge in [-0.2, -0.15) is 0 Å². The highest BCUT2D eigenvalue weighted by Gasteiger charge is 2.69. The van der Waals surface area contributed by atoms with Crippen molar-refractivity contribution in [3.63, 3.8) is 0 Å². The summed E-state index contributed by atoms with van der Waals surface area (Å²) in [6, 6.07) is 16.3. The Morgan fingerprint density at radius 3 is 2.25 bits per heavy atom. The topological polar surface area (TPSA) is 73.5 Å². The van der Waals surface area contributed by atoms with Crippen LogP contribution in [-0.2, 0) is 9.59 Å². The van der Waals surface area contributed by atoms with Gasteiger partial charge in [0.1, 0.15) is 0 Å². The normalized spacial score (nSPS) is 32.0. The molecule has 0 unspecified atom stereocenters. The van der Waals surface area contributed by atoms with Gasteiger partial charge in [0.15, 0.2) is 0 Å². The van der Waals surface area contributed by atoms with Crippen molar-refractivity contribution in [3.05, 3.63) is 74.2 Å². The number of thioether (sulfide) groups is 1. The van der Waals surface area contributed by atoms with E-state index < -0.39 is 0 Å². The van der Waals surface area contributed by atoms with Gasteiger partial charge in [0, 0.05) is 35.8 Å². The van der Waals surface area contributed by atoms with E-state index >= 15 is 0 Å². The maximum Gasteiger partial charge on any atom is 0.305 e. The number of hydrogen-bond acceptors (Lipinski definition) is 6. The van der Waals surface area contributed by atoms with Crippen molar-refractivity contribution in [1.82, 2.24) is 4.98 Å². The van der Waals surface area contributed by atoms with Crippen LogP contribution in [0.15, 0.2) is 58.4 Å². The molecular weight excluding hydrogens is 490 g/mol. The molecule has 2 aromatic carbocycles. The minimum atomic E-state index is -0.272. The molecule has 36 heavy (non-hydrogen) atoms. The molecular formula is C28H27N3O3S2. The van der Waals surface area contributed by atoms with Crippen LogP contribution in [0.25, 0.3) is 0 Å². The number of imide groups is 1. The highest BCUT2D eigenvalue weighted by atomic mass is 32.2. The summed E-state index contributed by atoms with van der Waals surface area (Å²) < 4.78 is 0. The number of nitrogens with one attached hydrogen (secondary N) is 1. The van der Waals surface area contributed by atoms with Gasteiger partial charge in [-0.3, -0.25) is 19.3 Å². The maximum absolute atomic E-state index is 13.8. The Bertz CT molecular complexity index is 1440. The monoisotopic (exact) mass is 517 g/mol. The molecule has 1 N–H and O–H groups in total. The molecule has 184 valence electrons. The third-order valence-corrected chi connectivity index (χ3v) is 11.4. The number of aromatic amines is 1. The minimum absolute atomic E-state index is 0.0346. The Hall–Kier alpha value is -2.84. The number of anilines is 2. The van der Waals surface area contributed by atoms with Crippen LogP contribution in [0.4, 0.5) is 11.4 Å². The first-order valence-electron chi connectivity index (χ1n) is 12.4. The molecule has 8 heteroatoms. The van der Waals surface area contributed by atoms with Crippen LogP contribution in [0.2, 0.25) is 0 Å². The number of aryl methyl sites for hydroxylation is 1. The summed E-state index contributed by atoms with van der Waals surface area (Å²) in [6.07, 6.45) is 0.905. The average molecular weight is 518 g/mol. The van der Waals surface area contributed by atoms with Crippen LogP contribution in [0.5, 0.6) is 0 Å². The molecule has 3 fully saturated rings. The van der Waals surface area contributed by atoms with Crippen LogP contribution in [-0.4, -0.2) is 36.1 Å². The van der Waals surface area contributed by atoms with Gasteiger partial charge in [-0.1, -0.05) is 41.2 Å². The van der Waals surface area contributed by atoms with Crippen molar-refractivity contribution >= 4 is 46.3 Å². The molecule has 2 amide bonds. The lowest BCUT2D eigenvalue weighted by molar-refractivity contribution is -0.123. The third kappa shape index (κ3) is 3.00. The number of rotatable bonds is 3. The molecule has 1 aromatic heterocycles.